The molecule has 2 heterocycles. The van der Waals surface area contributed by atoms with Crippen molar-refractivity contribution in [2.24, 2.45) is 5.73 Å². The Morgan fingerprint density at radius 1 is 1.24 bits per heavy atom. The van der Waals surface area contributed by atoms with Gasteiger partial charge in [-0.15, -0.1) is 5.10 Å². The van der Waals surface area contributed by atoms with Crippen LogP contribution >= 0.6 is 0 Å². The van der Waals surface area contributed by atoms with Gasteiger partial charge in [0.15, 0.2) is 0 Å². The highest BCUT2D eigenvalue weighted by atomic mass is 16.2. The predicted molar refractivity (Wildman–Crippen MR) is 73.9 cm³/mol. The molecule has 9 nitrogen and oxygen atoms in total. The van der Waals surface area contributed by atoms with Gasteiger partial charge in [0.25, 0.3) is 0 Å². The van der Waals surface area contributed by atoms with Gasteiger partial charge in [0.05, 0.1) is 6.04 Å². The highest BCUT2D eigenvalue weighted by Gasteiger charge is 2.26. The van der Waals surface area contributed by atoms with Gasteiger partial charge in [-0.1, -0.05) is 13.3 Å². The van der Waals surface area contributed by atoms with E-state index in [0.717, 1.165) is 6.42 Å². The SMILES string of the molecule is CCCC(N)C(=O)N1CCN(C(=O)Cn2cnnn2)CC1. The number of hydrogen-bond donors (Lipinski definition) is 1. The number of rotatable bonds is 5. The fraction of sp³-hybridized carbons (Fsp3) is 0.750. The van der Waals surface area contributed by atoms with Crippen LogP contribution in [0.15, 0.2) is 6.33 Å². The van der Waals surface area contributed by atoms with Crippen LogP contribution in [0.25, 0.3) is 0 Å². The molecule has 2 amide bonds. The average Bonchev–Trinajstić information content (AvgIpc) is 3.00. The molecule has 0 saturated carbocycles. The van der Waals surface area contributed by atoms with Crippen molar-refractivity contribution < 1.29 is 9.59 Å². The molecule has 0 bridgehead atoms. The van der Waals surface area contributed by atoms with Gasteiger partial charge < -0.3 is 15.5 Å². The van der Waals surface area contributed by atoms with Gasteiger partial charge in [0.1, 0.15) is 12.9 Å². The fourth-order valence-electron chi connectivity index (χ4n) is 2.34. The van der Waals surface area contributed by atoms with E-state index in [1.807, 2.05) is 6.92 Å². The Kier molecular flexibility index (Phi) is 5.20. The number of carbonyl (C=O) groups excluding carboxylic acids is 2. The molecular formula is C12H21N7O2. The Morgan fingerprint density at radius 2 is 1.90 bits per heavy atom. The van der Waals surface area contributed by atoms with Crippen LogP contribution < -0.4 is 5.73 Å². The number of hydrogen-bond acceptors (Lipinski definition) is 6. The molecule has 0 aromatic carbocycles. The van der Waals surface area contributed by atoms with E-state index < -0.39 is 6.04 Å². The molecule has 0 radical (unpaired) electrons. The van der Waals surface area contributed by atoms with Gasteiger partial charge in [-0.3, -0.25) is 9.59 Å². The molecule has 2 rings (SSSR count). The zero-order valence-corrected chi connectivity index (χ0v) is 12.2. The Hall–Kier alpha value is -2.03. The van der Waals surface area contributed by atoms with E-state index >= 15 is 0 Å². The topological polar surface area (TPSA) is 110 Å². The number of aromatic nitrogens is 4. The first-order chi connectivity index (χ1) is 10.1. The lowest BCUT2D eigenvalue weighted by molar-refractivity contribution is -0.140. The van der Waals surface area contributed by atoms with Crippen LogP contribution in [0.3, 0.4) is 0 Å². The molecule has 1 unspecified atom stereocenters. The molecule has 2 N–H and O–H groups in total. The fourth-order valence-corrected chi connectivity index (χ4v) is 2.34. The van der Waals surface area contributed by atoms with E-state index in [2.05, 4.69) is 15.5 Å². The molecule has 9 heteroatoms. The van der Waals surface area contributed by atoms with Gasteiger partial charge in [-0.25, -0.2) is 4.68 Å². The summed E-state index contributed by atoms with van der Waals surface area (Å²) in [5, 5.41) is 10.6. The lowest BCUT2D eigenvalue weighted by atomic mass is 10.1. The van der Waals surface area contributed by atoms with Crippen LogP contribution in [-0.2, 0) is 16.1 Å². The third-order valence-corrected chi connectivity index (χ3v) is 3.55. The number of nitrogens with two attached hydrogens (primary N) is 1. The zero-order chi connectivity index (χ0) is 15.2. The first kappa shape index (κ1) is 15.4. The third-order valence-electron chi connectivity index (χ3n) is 3.55. The standard InChI is InChI=1S/C12H21N7O2/c1-2-3-10(13)12(21)18-6-4-17(5-7-18)11(20)8-19-9-14-15-16-19/h9-10H,2-8,13H2,1H3. The van der Waals surface area contributed by atoms with Gasteiger partial charge in [-0.2, -0.15) is 0 Å². The van der Waals surface area contributed by atoms with Gasteiger partial charge in [0.2, 0.25) is 11.8 Å². The summed E-state index contributed by atoms with van der Waals surface area (Å²) in [6.45, 7) is 4.21. The quantitative estimate of drug-likeness (QED) is 0.705. The van der Waals surface area contributed by atoms with Crippen molar-refractivity contribution in [3.63, 3.8) is 0 Å². The molecular weight excluding hydrogens is 274 g/mol. The third kappa shape index (κ3) is 3.97. The van der Waals surface area contributed by atoms with E-state index in [4.69, 9.17) is 5.73 Å². The highest BCUT2D eigenvalue weighted by molar-refractivity contribution is 5.82. The second kappa shape index (κ2) is 7.11. The predicted octanol–water partition coefficient (Wildman–Crippen LogP) is -1.53. The number of carbonyl (C=O) groups is 2. The highest BCUT2D eigenvalue weighted by Crippen LogP contribution is 2.06. The van der Waals surface area contributed by atoms with Crippen LogP contribution in [0.1, 0.15) is 19.8 Å². The molecule has 21 heavy (non-hydrogen) atoms. The van der Waals surface area contributed by atoms with E-state index in [1.165, 1.54) is 11.0 Å². The van der Waals surface area contributed by atoms with Gasteiger partial charge >= 0.3 is 0 Å². The Labute approximate surface area is 123 Å². The number of piperazine rings is 1. The second-order valence-electron chi connectivity index (χ2n) is 5.11. The van der Waals surface area contributed by atoms with Crippen molar-refractivity contribution in [2.45, 2.75) is 32.4 Å². The average molecular weight is 295 g/mol. The van der Waals surface area contributed by atoms with E-state index in [9.17, 15) is 9.59 Å². The van der Waals surface area contributed by atoms with Crippen molar-refractivity contribution in [3.8, 4) is 0 Å². The second-order valence-corrected chi connectivity index (χ2v) is 5.11. The molecule has 116 valence electrons. The Morgan fingerprint density at radius 3 is 2.48 bits per heavy atom. The molecule has 1 aliphatic heterocycles. The summed E-state index contributed by atoms with van der Waals surface area (Å²) in [4.78, 5) is 27.6. The molecule has 0 aliphatic carbocycles. The minimum Gasteiger partial charge on any atom is -0.338 e. The summed E-state index contributed by atoms with van der Waals surface area (Å²) in [5.41, 5.74) is 5.85. The molecule has 1 aromatic rings. The van der Waals surface area contributed by atoms with E-state index in [0.29, 0.717) is 32.6 Å². The van der Waals surface area contributed by atoms with Crippen LogP contribution in [0.2, 0.25) is 0 Å². The molecule has 1 atom stereocenters. The maximum absolute atomic E-state index is 12.1. The normalized spacial score (nSPS) is 16.9. The monoisotopic (exact) mass is 295 g/mol. The lowest BCUT2D eigenvalue weighted by Crippen LogP contribution is -2.54. The van der Waals surface area contributed by atoms with Crippen molar-refractivity contribution in [1.82, 2.24) is 30.0 Å². The van der Waals surface area contributed by atoms with Crippen LogP contribution in [-0.4, -0.2) is 74.0 Å². The Balaban J connectivity index is 1.80. The summed E-state index contributed by atoms with van der Waals surface area (Å²) >= 11 is 0. The molecule has 1 saturated heterocycles. The summed E-state index contributed by atoms with van der Waals surface area (Å²) < 4.78 is 1.39. The number of nitrogens with zero attached hydrogens (tertiary/aromatic N) is 6. The van der Waals surface area contributed by atoms with Crippen molar-refractivity contribution in [1.29, 1.82) is 0 Å². The van der Waals surface area contributed by atoms with Gasteiger partial charge in [-0.05, 0) is 16.8 Å². The zero-order valence-electron chi connectivity index (χ0n) is 12.2. The minimum absolute atomic E-state index is 0.0237. The van der Waals surface area contributed by atoms with Crippen LogP contribution in [0, 0.1) is 0 Å². The van der Waals surface area contributed by atoms with E-state index in [-0.39, 0.29) is 18.4 Å². The largest absolute Gasteiger partial charge is 0.338 e. The lowest BCUT2D eigenvalue weighted by Gasteiger charge is -2.35. The van der Waals surface area contributed by atoms with Gasteiger partial charge in [0, 0.05) is 26.2 Å². The van der Waals surface area contributed by atoms with Crippen LogP contribution in [0.4, 0.5) is 0 Å². The molecule has 1 aliphatic rings. The first-order valence-electron chi connectivity index (χ1n) is 7.14. The summed E-state index contributed by atoms with van der Waals surface area (Å²) in [6, 6.07) is -0.432. The maximum Gasteiger partial charge on any atom is 0.244 e. The minimum atomic E-state index is -0.432. The van der Waals surface area contributed by atoms with Crippen molar-refractivity contribution >= 4 is 11.8 Å². The molecule has 1 fully saturated rings. The number of amides is 2. The smallest absolute Gasteiger partial charge is 0.244 e. The Bertz CT molecular complexity index is 468. The maximum atomic E-state index is 12.1. The summed E-state index contributed by atoms with van der Waals surface area (Å²) in [7, 11) is 0. The molecule has 1 aromatic heterocycles. The van der Waals surface area contributed by atoms with E-state index in [1.54, 1.807) is 9.80 Å². The van der Waals surface area contributed by atoms with Crippen molar-refractivity contribution in [3.05, 3.63) is 6.33 Å². The summed E-state index contributed by atoms with van der Waals surface area (Å²) in [5.74, 6) is -0.0725. The summed E-state index contributed by atoms with van der Waals surface area (Å²) in [6.07, 6.45) is 2.98. The van der Waals surface area contributed by atoms with Crippen LogP contribution in [0.5, 0.6) is 0 Å². The first-order valence-corrected chi connectivity index (χ1v) is 7.14. The van der Waals surface area contributed by atoms with Crippen molar-refractivity contribution in [2.75, 3.05) is 26.2 Å². The molecule has 0 spiro atoms. The number of tetrazole rings is 1.